The molecular formula is C18H24N2O3. The maximum atomic E-state index is 11.5. The number of benzene rings is 1. The van der Waals surface area contributed by atoms with Gasteiger partial charge in [-0.05, 0) is 44.0 Å². The van der Waals surface area contributed by atoms with Gasteiger partial charge in [0.15, 0.2) is 0 Å². The first-order valence-corrected chi connectivity index (χ1v) is 8.15. The number of esters is 1. The topological polar surface area (TPSA) is 53.4 Å². The van der Waals surface area contributed by atoms with Crippen LogP contribution in [0.25, 0.3) is 0 Å². The number of imidazole rings is 1. The summed E-state index contributed by atoms with van der Waals surface area (Å²) in [6.45, 7) is 3.91. The van der Waals surface area contributed by atoms with E-state index in [1.165, 1.54) is 6.42 Å². The number of hydrogen-bond acceptors (Lipinski definition) is 4. The molecule has 2 aromatic rings. The Balaban J connectivity index is 1.56. The van der Waals surface area contributed by atoms with E-state index >= 15 is 0 Å². The van der Waals surface area contributed by atoms with E-state index in [4.69, 9.17) is 9.47 Å². The Kier molecular flexibility index (Phi) is 7.17. The van der Waals surface area contributed by atoms with Crippen molar-refractivity contribution in [1.29, 1.82) is 0 Å². The van der Waals surface area contributed by atoms with Gasteiger partial charge in [0.25, 0.3) is 0 Å². The van der Waals surface area contributed by atoms with Crippen LogP contribution in [0.4, 0.5) is 0 Å². The fraction of sp³-hybridized carbons (Fsp3) is 0.444. The third kappa shape index (κ3) is 6.14. The van der Waals surface area contributed by atoms with Gasteiger partial charge in [0.2, 0.25) is 0 Å². The SMILES string of the molecule is CCOC(=O)c1ccc(OCCCCCCn2ccnc2)cc1. The molecule has 0 amide bonds. The number of carbonyl (C=O) groups excluding carboxylic acids is 1. The number of unbranched alkanes of at least 4 members (excludes halogenated alkanes) is 3. The highest BCUT2D eigenvalue weighted by Gasteiger charge is 2.05. The maximum absolute atomic E-state index is 11.5. The molecule has 124 valence electrons. The molecular weight excluding hydrogens is 292 g/mol. The Morgan fingerprint density at radius 2 is 1.91 bits per heavy atom. The van der Waals surface area contributed by atoms with Crippen LogP contribution in [0.15, 0.2) is 43.0 Å². The lowest BCUT2D eigenvalue weighted by Gasteiger charge is -2.07. The first kappa shape index (κ1) is 17.1. The Bertz CT molecular complexity index is 564. The standard InChI is InChI=1S/C18H24N2O3/c1-2-22-18(21)16-7-9-17(10-8-16)23-14-6-4-3-5-12-20-13-11-19-15-20/h7-11,13,15H,2-6,12,14H2,1H3. The third-order valence-corrected chi connectivity index (χ3v) is 3.50. The molecule has 0 fully saturated rings. The lowest BCUT2D eigenvalue weighted by atomic mass is 10.2. The Morgan fingerprint density at radius 3 is 2.61 bits per heavy atom. The number of hydrogen-bond donors (Lipinski definition) is 0. The van der Waals surface area contributed by atoms with Crippen molar-refractivity contribution in [2.75, 3.05) is 13.2 Å². The van der Waals surface area contributed by atoms with E-state index in [2.05, 4.69) is 9.55 Å². The van der Waals surface area contributed by atoms with E-state index in [-0.39, 0.29) is 5.97 Å². The second-order valence-electron chi connectivity index (χ2n) is 5.31. The number of nitrogens with zero attached hydrogens (tertiary/aromatic N) is 2. The number of ether oxygens (including phenoxy) is 2. The summed E-state index contributed by atoms with van der Waals surface area (Å²) in [5.74, 6) is 0.494. The number of aromatic nitrogens is 2. The lowest BCUT2D eigenvalue weighted by molar-refractivity contribution is 0.0526. The van der Waals surface area contributed by atoms with Gasteiger partial charge in [0.05, 0.1) is 25.1 Å². The molecule has 0 radical (unpaired) electrons. The van der Waals surface area contributed by atoms with Crippen LogP contribution in [0.3, 0.4) is 0 Å². The number of aryl methyl sites for hydroxylation is 1. The van der Waals surface area contributed by atoms with Gasteiger partial charge < -0.3 is 14.0 Å². The maximum Gasteiger partial charge on any atom is 0.338 e. The smallest absolute Gasteiger partial charge is 0.338 e. The summed E-state index contributed by atoms with van der Waals surface area (Å²) >= 11 is 0. The van der Waals surface area contributed by atoms with Crippen LogP contribution in [0, 0.1) is 0 Å². The van der Waals surface area contributed by atoms with Gasteiger partial charge in [0, 0.05) is 18.9 Å². The van der Waals surface area contributed by atoms with E-state index in [1.807, 2.05) is 24.7 Å². The van der Waals surface area contributed by atoms with Crippen molar-refractivity contribution in [2.24, 2.45) is 0 Å². The van der Waals surface area contributed by atoms with Crippen LogP contribution >= 0.6 is 0 Å². The largest absolute Gasteiger partial charge is 0.494 e. The fourth-order valence-electron chi connectivity index (χ4n) is 2.26. The molecule has 2 rings (SSSR count). The second-order valence-corrected chi connectivity index (χ2v) is 5.31. The van der Waals surface area contributed by atoms with Gasteiger partial charge >= 0.3 is 5.97 Å². The van der Waals surface area contributed by atoms with Crippen molar-refractivity contribution in [3.05, 3.63) is 48.5 Å². The number of rotatable bonds is 10. The molecule has 0 aliphatic carbocycles. The van der Waals surface area contributed by atoms with Crippen molar-refractivity contribution < 1.29 is 14.3 Å². The third-order valence-electron chi connectivity index (χ3n) is 3.50. The first-order chi connectivity index (χ1) is 11.3. The molecule has 0 unspecified atom stereocenters. The van der Waals surface area contributed by atoms with Crippen LogP contribution in [0.5, 0.6) is 5.75 Å². The van der Waals surface area contributed by atoms with Gasteiger partial charge in [-0.2, -0.15) is 0 Å². The van der Waals surface area contributed by atoms with Crippen molar-refractivity contribution in [2.45, 2.75) is 39.2 Å². The minimum absolute atomic E-state index is 0.294. The summed E-state index contributed by atoms with van der Waals surface area (Å²) in [4.78, 5) is 15.6. The molecule has 1 aromatic heterocycles. The van der Waals surface area contributed by atoms with E-state index in [0.717, 1.165) is 31.6 Å². The summed E-state index contributed by atoms with van der Waals surface area (Å²) in [7, 11) is 0. The minimum Gasteiger partial charge on any atom is -0.494 e. The van der Waals surface area contributed by atoms with Crippen LogP contribution in [-0.2, 0) is 11.3 Å². The van der Waals surface area contributed by atoms with E-state index in [0.29, 0.717) is 18.8 Å². The van der Waals surface area contributed by atoms with Gasteiger partial charge in [0.1, 0.15) is 5.75 Å². The quantitative estimate of drug-likeness (QED) is 0.495. The zero-order valence-electron chi connectivity index (χ0n) is 13.6. The molecule has 0 N–H and O–H groups in total. The van der Waals surface area contributed by atoms with Gasteiger partial charge in [-0.15, -0.1) is 0 Å². The van der Waals surface area contributed by atoms with Crippen LogP contribution in [-0.4, -0.2) is 28.7 Å². The zero-order chi connectivity index (χ0) is 16.3. The summed E-state index contributed by atoms with van der Waals surface area (Å²) in [6.07, 6.45) is 10.2. The molecule has 0 spiro atoms. The molecule has 1 heterocycles. The second kappa shape index (κ2) is 9.66. The van der Waals surface area contributed by atoms with Crippen molar-refractivity contribution in [1.82, 2.24) is 9.55 Å². The highest BCUT2D eigenvalue weighted by atomic mass is 16.5. The fourth-order valence-corrected chi connectivity index (χ4v) is 2.26. The Hall–Kier alpha value is -2.30. The van der Waals surface area contributed by atoms with Crippen LogP contribution < -0.4 is 4.74 Å². The van der Waals surface area contributed by atoms with Gasteiger partial charge in [-0.3, -0.25) is 0 Å². The molecule has 0 bridgehead atoms. The van der Waals surface area contributed by atoms with Gasteiger partial charge in [-0.25, -0.2) is 9.78 Å². The normalized spacial score (nSPS) is 10.5. The molecule has 5 heteroatoms. The highest BCUT2D eigenvalue weighted by Crippen LogP contribution is 2.14. The first-order valence-electron chi connectivity index (χ1n) is 8.15. The summed E-state index contributed by atoms with van der Waals surface area (Å²) in [5, 5.41) is 0. The minimum atomic E-state index is -0.294. The predicted octanol–water partition coefficient (Wildman–Crippen LogP) is 3.70. The summed E-state index contributed by atoms with van der Waals surface area (Å²) < 4.78 is 12.7. The van der Waals surface area contributed by atoms with E-state index in [1.54, 1.807) is 25.3 Å². The molecule has 0 atom stereocenters. The highest BCUT2D eigenvalue weighted by molar-refractivity contribution is 5.89. The molecule has 0 saturated carbocycles. The Morgan fingerprint density at radius 1 is 1.13 bits per heavy atom. The molecule has 23 heavy (non-hydrogen) atoms. The van der Waals surface area contributed by atoms with Crippen molar-refractivity contribution in [3.8, 4) is 5.75 Å². The molecule has 0 aliphatic heterocycles. The lowest BCUT2D eigenvalue weighted by Crippen LogP contribution is -2.04. The Labute approximate surface area is 137 Å². The molecule has 0 aliphatic rings. The predicted molar refractivity (Wildman–Crippen MR) is 88.6 cm³/mol. The van der Waals surface area contributed by atoms with Crippen LogP contribution in [0.1, 0.15) is 43.0 Å². The molecule has 1 aromatic carbocycles. The molecule has 5 nitrogen and oxygen atoms in total. The molecule has 0 saturated heterocycles. The zero-order valence-corrected chi connectivity index (χ0v) is 13.6. The van der Waals surface area contributed by atoms with E-state index < -0.39 is 0 Å². The van der Waals surface area contributed by atoms with Gasteiger partial charge in [-0.1, -0.05) is 12.8 Å². The van der Waals surface area contributed by atoms with Crippen molar-refractivity contribution >= 4 is 5.97 Å². The van der Waals surface area contributed by atoms with E-state index in [9.17, 15) is 4.79 Å². The van der Waals surface area contributed by atoms with Crippen LogP contribution in [0.2, 0.25) is 0 Å². The average Bonchev–Trinajstić information content (AvgIpc) is 3.08. The summed E-state index contributed by atoms with van der Waals surface area (Å²) in [6, 6.07) is 7.09. The monoisotopic (exact) mass is 316 g/mol. The average molecular weight is 316 g/mol. The number of carbonyl (C=O) groups is 1. The van der Waals surface area contributed by atoms with Crippen molar-refractivity contribution in [3.63, 3.8) is 0 Å². The summed E-state index contributed by atoms with van der Waals surface area (Å²) in [5.41, 5.74) is 0.554.